The Morgan fingerprint density at radius 3 is 2.95 bits per heavy atom. The van der Waals surface area contributed by atoms with Crippen molar-refractivity contribution in [2.45, 2.75) is 31.8 Å². The van der Waals surface area contributed by atoms with Gasteiger partial charge < -0.3 is 19.3 Å². The second-order valence-electron chi connectivity index (χ2n) is 4.89. The fraction of sp³-hybridized carbons (Fsp3) is 0.643. The van der Waals surface area contributed by atoms with E-state index in [1.165, 1.54) is 6.42 Å². The Labute approximate surface area is 113 Å². The Balaban J connectivity index is 2.09. The molecule has 0 aromatic carbocycles. The number of ether oxygens (including phenoxy) is 1. The number of methoxy groups -OCH3 is 1. The minimum absolute atomic E-state index is 0.0138. The molecule has 1 heterocycles. The zero-order chi connectivity index (χ0) is 13.7. The lowest BCUT2D eigenvalue weighted by Gasteiger charge is -2.37. The molecule has 1 saturated carbocycles. The van der Waals surface area contributed by atoms with Gasteiger partial charge in [-0.1, -0.05) is 0 Å². The summed E-state index contributed by atoms with van der Waals surface area (Å²) in [5, 5.41) is 9.14. The highest BCUT2D eigenvalue weighted by Crippen LogP contribution is 2.26. The van der Waals surface area contributed by atoms with Crippen molar-refractivity contribution in [2.24, 2.45) is 0 Å². The van der Waals surface area contributed by atoms with Crippen LogP contribution >= 0.6 is 0 Å². The van der Waals surface area contributed by atoms with Crippen LogP contribution in [0, 0.1) is 0 Å². The van der Waals surface area contributed by atoms with E-state index < -0.39 is 0 Å². The van der Waals surface area contributed by atoms with Gasteiger partial charge in [-0.15, -0.1) is 0 Å². The van der Waals surface area contributed by atoms with Crippen molar-refractivity contribution in [3.05, 3.63) is 24.0 Å². The lowest BCUT2D eigenvalue weighted by atomic mass is 9.91. The molecule has 1 aliphatic rings. The summed E-state index contributed by atoms with van der Waals surface area (Å²) in [6.07, 6.45) is 5.16. The highest BCUT2D eigenvalue weighted by molar-refractivity contribution is 5.93. The minimum Gasteiger partial charge on any atom is -0.395 e. The third-order valence-corrected chi connectivity index (χ3v) is 3.70. The second-order valence-corrected chi connectivity index (χ2v) is 4.89. The van der Waals surface area contributed by atoms with Crippen LogP contribution in [0.5, 0.6) is 0 Å². The van der Waals surface area contributed by atoms with Gasteiger partial charge in [-0.2, -0.15) is 0 Å². The molecule has 1 N–H and O–H groups in total. The molecule has 1 amide bonds. The standard InChI is InChI=1S/C14H22N2O3/c1-19-11-9-15-7-3-6-13(15)14(18)16(8-10-17)12-4-2-5-12/h3,6-7,12,17H,2,4-5,8-11H2,1H3. The first-order valence-electron chi connectivity index (χ1n) is 6.84. The SMILES string of the molecule is COCCn1cccc1C(=O)N(CCO)C1CCC1. The molecule has 0 bridgehead atoms. The molecule has 0 radical (unpaired) electrons. The zero-order valence-electron chi connectivity index (χ0n) is 11.4. The van der Waals surface area contributed by atoms with E-state index in [1.54, 1.807) is 7.11 Å². The maximum atomic E-state index is 12.6. The predicted molar refractivity (Wildman–Crippen MR) is 72.1 cm³/mol. The first-order chi connectivity index (χ1) is 9.27. The maximum Gasteiger partial charge on any atom is 0.270 e. The summed E-state index contributed by atoms with van der Waals surface area (Å²) >= 11 is 0. The normalized spacial score (nSPS) is 15.3. The Kier molecular flexibility index (Phi) is 4.99. The summed E-state index contributed by atoms with van der Waals surface area (Å²) < 4.78 is 6.96. The van der Waals surface area contributed by atoms with E-state index in [2.05, 4.69) is 0 Å². The van der Waals surface area contributed by atoms with Gasteiger partial charge in [0.2, 0.25) is 0 Å². The third-order valence-electron chi connectivity index (χ3n) is 3.70. The summed E-state index contributed by atoms with van der Waals surface area (Å²) in [4.78, 5) is 14.4. The average molecular weight is 266 g/mol. The molecule has 2 rings (SSSR count). The van der Waals surface area contributed by atoms with Crippen LogP contribution in [0.25, 0.3) is 0 Å². The smallest absolute Gasteiger partial charge is 0.270 e. The first-order valence-corrected chi connectivity index (χ1v) is 6.84. The number of nitrogens with zero attached hydrogens (tertiary/aromatic N) is 2. The highest BCUT2D eigenvalue weighted by Gasteiger charge is 2.30. The number of aromatic nitrogens is 1. The van der Waals surface area contributed by atoms with Crippen LogP contribution in [-0.2, 0) is 11.3 Å². The Hall–Kier alpha value is -1.33. The van der Waals surface area contributed by atoms with Gasteiger partial charge >= 0.3 is 0 Å². The van der Waals surface area contributed by atoms with Crippen LogP contribution in [0.15, 0.2) is 18.3 Å². The van der Waals surface area contributed by atoms with Crippen LogP contribution in [0.3, 0.4) is 0 Å². The van der Waals surface area contributed by atoms with Gasteiger partial charge in [0.25, 0.3) is 5.91 Å². The van der Waals surface area contributed by atoms with E-state index in [9.17, 15) is 4.79 Å². The van der Waals surface area contributed by atoms with Gasteiger partial charge in [0.05, 0.1) is 13.2 Å². The van der Waals surface area contributed by atoms with Crippen LogP contribution < -0.4 is 0 Å². The van der Waals surface area contributed by atoms with Crippen LogP contribution in [0.4, 0.5) is 0 Å². The molecule has 106 valence electrons. The minimum atomic E-state index is 0.0138. The molecule has 0 spiro atoms. The second kappa shape index (κ2) is 6.73. The van der Waals surface area contributed by atoms with Crippen molar-refractivity contribution in [1.29, 1.82) is 0 Å². The quantitative estimate of drug-likeness (QED) is 0.804. The largest absolute Gasteiger partial charge is 0.395 e. The fourth-order valence-corrected chi connectivity index (χ4v) is 2.40. The molecule has 0 aliphatic heterocycles. The molecule has 1 aromatic rings. The number of aliphatic hydroxyl groups is 1. The molecule has 1 fully saturated rings. The number of hydrogen-bond donors (Lipinski definition) is 1. The molecule has 19 heavy (non-hydrogen) atoms. The monoisotopic (exact) mass is 266 g/mol. The van der Waals surface area contributed by atoms with Crippen molar-refractivity contribution >= 4 is 5.91 Å². The molecular formula is C14H22N2O3. The maximum absolute atomic E-state index is 12.6. The molecule has 5 nitrogen and oxygen atoms in total. The third kappa shape index (κ3) is 3.16. The highest BCUT2D eigenvalue weighted by atomic mass is 16.5. The van der Waals surface area contributed by atoms with Gasteiger partial charge in [0, 0.05) is 32.4 Å². The van der Waals surface area contributed by atoms with E-state index in [-0.39, 0.29) is 12.5 Å². The van der Waals surface area contributed by atoms with E-state index in [4.69, 9.17) is 9.84 Å². The Bertz CT molecular complexity index is 413. The van der Waals surface area contributed by atoms with Gasteiger partial charge in [0.1, 0.15) is 5.69 Å². The van der Waals surface area contributed by atoms with Crippen molar-refractivity contribution in [3.63, 3.8) is 0 Å². The van der Waals surface area contributed by atoms with Crippen LogP contribution in [-0.4, -0.2) is 53.4 Å². The Morgan fingerprint density at radius 2 is 2.37 bits per heavy atom. The molecule has 0 unspecified atom stereocenters. The van der Waals surface area contributed by atoms with E-state index in [0.717, 1.165) is 12.8 Å². The number of carbonyl (C=O) groups is 1. The fourth-order valence-electron chi connectivity index (χ4n) is 2.40. The van der Waals surface area contributed by atoms with Crippen molar-refractivity contribution < 1.29 is 14.6 Å². The molecule has 0 saturated heterocycles. The molecular weight excluding hydrogens is 244 g/mol. The number of amides is 1. The van der Waals surface area contributed by atoms with Crippen molar-refractivity contribution in [2.75, 3.05) is 26.9 Å². The lowest BCUT2D eigenvalue weighted by molar-refractivity contribution is 0.0513. The molecule has 1 aromatic heterocycles. The van der Waals surface area contributed by atoms with Crippen molar-refractivity contribution in [3.8, 4) is 0 Å². The molecule has 5 heteroatoms. The number of aliphatic hydroxyl groups excluding tert-OH is 1. The number of rotatable bonds is 7. The van der Waals surface area contributed by atoms with Gasteiger partial charge in [0.15, 0.2) is 0 Å². The summed E-state index contributed by atoms with van der Waals surface area (Å²) in [7, 11) is 1.65. The van der Waals surface area contributed by atoms with E-state index >= 15 is 0 Å². The number of carbonyl (C=O) groups excluding carboxylic acids is 1. The average Bonchev–Trinajstić information content (AvgIpc) is 2.81. The van der Waals surface area contributed by atoms with E-state index in [0.29, 0.717) is 31.4 Å². The topological polar surface area (TPSA) is 54.7 Å². The summed E-state index contributed by atoms with van der Waals surface area (Å²) in [5.41, 5.74) is 0.678. The number of hydrogen-bond acceptors (Lipinski definition) is 3. The summed E-state index contributed by atoms with van der Waals surface area (Å²) in [6, 6.07) is 4.01. The summed E-state index contributed by atoms with van der Waals surface area (Å²) in [6.45, 7) is 1.68. The van der Waals surface area contributed by atoms with Crippen LogP contribution in [0.2, 0.25) is 0 Å². The van der Waals surface area contributed by atoms with Gasteiger partial charge in [-0.05, 0) is 31.4 Å². The summed E-state index contributed by atoms with van der Waals surface area (Å²) in [5.74, 6) is 0.0138. The van der Waals surface area contributed by atoms with E-state index in [1.807, 2.05) is 27.8 Å². The van der Waals surface area contributed by atoms with Gasteiger partial charge in [-0.3, -0.25) is 4.79 Å². The molecule has 0 atom stereocenters. The lowest BCUT2D eigenvalue weighted by Crippen LogP contribution is -2.46. The zero-order valence-corrected chi connectivity index (χ0v) is 11.4. The first kappa shape index (κ1) is 14.1. The molecule has 1 aliphatic carbocycles. The Morgan fingerprint density at radius 1 is 1.58 bits per heavy atom. The van der Waals surface area contributed by atoms with Crippen molar-refractivity contribution in [1.82, 2.24) is 9.47 Å². The van der Waals surface area contributed by atoms with Crippen LogP contribution in [0.1, 0.15) is 29.8 Å². The van der Waals surface area contributed by atoms with Gasteiger partial charge in [-0.25, -0.2) is 0 Å². The predicted octanol–water partition coefficient (Wildman–Crippen LogP) is 1.12.